The van der Waals surface area contributed by atoms with Crippen LogP contribution in [0.5, 0.6) is 0 Å². The smallest absolute Gasteiger partial charge is 0.267 e. The summed E-state index contributed by atoms with van der Waals surface area (Å²) >= 11 is 0. The van der Waals surface area contributed by atoms with Gasteiger partial charge >= 0.3 is 0 Å². The lowest BCUT2D eigenvalue weighted by Crippen LogP contribution is -2.48. The van der Waals surface area contributed by atoms with Crippen LogP contribution in [0.4, 0.5) is 0 Å². The zero-order valence-corrected chi connectivity index (χ0v) is 15.6. The number of nitrogens with zero attached hydrogens (tertiary/aromatic N) is 6. The Kier molecular flexibility index (Phi) is 5.17. The number of fused-ring (bicyclic) bond motifs is 1. The van der Waals surface area contributed by atoms with Crippen LogP contribution in [0.1, 0.15) is 23.2 Å². The summed E-state index contributed by atoms with van der Waals surface area (Å²) < 4.78 is 3.68. The Morgan fingerprint density at radius 3 is 2.42 bits per heavy atom. The van der Waals surface area contributed by atoms with Crippen molar-refractivity contribution in [2.45, 2.75) is 39.3 Å². The van der Waals surface area contributed by atoms with Gasteiger partial charge in [0.1, 0.15) is 0 Å². The van der Waals surface area contributed by atoms with Crippen molar-refractivity contribution in [2.75, 3.05) is 39.3 Å². The van der Waals surface area contributed by atoms with Gasteiger partial charge in [-0.2, -0.15) is 10.2 Å². The van der Waals surface area contributed by atoms with Crippen LogP contribution in [0.2, 0.25) is 0 Å². The van der Waals surface area contributed by atoms with Crippen molar-refractivity contribution in [3.63, 3.8) is 0 Å². The Morgan fingerprint density at radius 2 is 1.73 bits per heavy atom. The van der Waals surface area contributed by atoms with Gasteiger partial charge in [0.15, 0.2) is 0 Å². The Labute approximate surface area is 154 Å². The van der Waals surface area contributed by atoms with Crippen LogP contribution >= 0.6 is 0 Å². The summed E-state index contributed by atoms with van der Waals surface area (Å²) in [6.07, 6.45) is 7.17. The van der Waals surface area contributed by atoms with Gasteiger partial charge in [0.2, 0.25) is 0 Å². The average Bonchev–Trinajstić information content (AvgIpc) is 3.27. The lowest BCUT2D eigenvalue weighted by atomic mass is 10.2. The molecule has 2 aromatic heterocycles. The zero-order chi connectivity index (χ0) is 17.9. The van der Waals surface area contributed by atoms with E-state index in [0.717, 1.165) is 76.3 Å². The van der Waals surface area contributed by atoms with Crippen molar-refractivity contribution in [1.82, 2.24) is 29.4 Å². The largest absolute Gasteiger partial charge is 0.299 e. The Hall–Kier alpha value is -1.99. The molecule has 0 bridgehead atoms. The fourth-order valence-corrected chi connectivity index (χ4v) is 3.91. The molecule has 0 aromatic carbocycles. The number of aromatic nitrogens is 4. The van der Waals surface area contributed by atoms with E-state index in [1.165, 1.54) is 5.56 Å². The fraction of sp³-hybridized carbons (Fsp3) is 0.632. The van der Waals surface area contributed by atoms with Gasteiger partial charge in [0, 0.05) is 51.5 Å². The Balaban J connectivity index is 1.22. The number of rotatable bonds is 6. The van der Waals surface area contributed by atoms with E-state index in [0.29, 0.717) is 6.54 Å². The minimum Gasteiger partial charge on any atom is -0.299 e. The predicted molar refractivity (Wildman–Crippen MR) is 100 cm³/mol. The topological polar surface area (TPSA) is 59.2 Å². The highest BCUT2D eigenvalue weighted by Gasteiger charge is 2.18. The zero-order valence-electron chi connectivity index (χ0n) is 15.6. The minimum absolute atomic E-state index is 0.0544. The fourth-order valence-electron chi connectivity index (χ4n) is 3.91. The standard InChI is InChI=1S/C19H28N6O/c1-16-14-20-24(15-16)11-9-22-5-7-23(8-6-22)10-12-25-19(26)13-17-3-2-4-18(17)21-25/h13-15H,2-12H2,1H3. The molecule has 7 nitrogen and oxygen atoms in total. The van der Waals surface area contributed by atoms with Gasteiger partial charge in [-0.15, -0.1) is 0 Å². The molecule has 0 N–H and O–H groups in total. The van der Waals surface area contributed by atoms with Gasteiger partial charge < -0.3 is 0 Å². The quantitative estimate of drug-likeness (QED) is 0.757. The van der Waals surface area contributed by atoms with Crippen molar-refractivity contribution in [1.29, 1.82) is 0 Å². The van der Waals surface area contributed by atoms with Crippen LogP contribution in [0.15, 0.2) is 23.3 Å². The molecule has 2 aromatic rings. The summed E-state index contributed by atoms with van der Waals surface area (Å²) in [5.74, 6) is 0. The molecule has 2 aliphatic rings. The number of hydrogen-bond acceptors (Lipinski definition) is 5. The molecule has 4 rings (SSSR count). The second-order valence-corrected chi connectivity index (χ2v) is 7.50. The molecule has 0 saturated carbocycles. The van der Waals surface area contributed by atoms with Gasteiger partial charge in [0.25, 0.3) is 5.56 Å². The SMILES string of the molecule is Cc1cnn(CCN2CCN(CCn3nc4c(cc3=O)CCC4)CC2)c1. The molecule has 3 heterocycles. The Morgan fingerprint density at radius 1 is 1.00 bits per heavy atom. The summed E-state index contributed by atoms with van der Waals surface area (Å²) in [6.45, 7) is 9.91. The highest BCUT2D eigenvalue weighted by atomic mass is 16.1. The second-order valence-electron chi connectivity index (χ2n) is 7.50. The van der Waals surface area contributed by atoms with E-state index in [9.17, 15) is 4.79 Å². The lowest BCUT2D eigenvalue weighted by Gasteiger charge is -2.34. The van der Waals surface area contributed by atoms with Crippen molar-refractivity contribution in [3.05, 3.63) is 45.6 Å². The first-order chi connectivity index (χ1) is 12.7. The lowest BCUT2D eigenvalue weighted by molar-refractivity contribution is 0.123. The van der Waals surface area contributed by atoms with Gasteiger partial charge in [0.05, 0.1) is 25.0 Å². The maximum absolute atomic E-state index is 12.2. The molecule has 0 spiro atoms. The molecule has 26 heavy (non-hydrogen) atoms. The highest BCUT2D eigenvalue weighted by molar-refractivity contribution is 5.22. The van der Waals surface area contributed by atoms with E-state index in [4.69, 9.17) is 0 Å². The Bertz CT molecular complexity index is 803. The molecule has 1 fully saturated rings. The van der Waals surface area contributed by atoms with E-state index >= 15 is 0 Å². The van der Waals surface area contributed by atoms with Gasteiger partial charge in [-0.3, -0.25) is 19.3 Å². The molecule has 0 radical (unpaired) electrons. The summed E-state index contributed by atoms with van der Waals surface area (Å²) in [5.41, 5.74) is 3.56. The molecule has 7 heteroatoms. The van der Waals surface area contributed by atoms with Crippen LogP contribution < -0.4 is 5.56 Å². The molecule has 1 aliphatic carbocycles. The maximum Gasteiger partial charge on any atom is 0.267 e. The van der Waals surface area contributed by atoms with E-state index in [-0.39, 0.29) is 5.56 Å². The van der Waals surface area contributed by atoms with Crippen LogP contribution in [0.25, 0.3) is 0 Å². The first kappa shape index (κ1) is 17.4. The monoisotopic (exact) mass is 356 g/mol. The summed E-state index contributed by atoms with van der Waals surface area (Å²) in [5, 5.41) is 8.93. The molecular weight excluding hydrogens is 328 g/mol. The van der Waals surface area contributed by atoms with E-state index in [1.54, 1.807) is 10.7 Å². The first-order valence-corrected chi connectivity index (χ1v) is 9.71. The molecule has 1 aliphatic heterocycles. The summed E-state index contributed by atoms with van der Waals surface area (Å²) in [4.78, 5) is 17.1. The average molecular weight is 356 g/mol. The number of piperazine rings is 1. The summed E-state index contributed by atoms with van der Waals surface area (Å²) in [6, 6.07) is 1.80. The van der Waals surface area contributed by atoms with Crippen LogP contribution in [-0.4, -0.2) is 68.6 Å². The molecule has 0 atom stereocenters. The molecular formula is C19H28N6O. The molecule has 0 amide bonds. The van der Waals surface area contributed by atoms with Crippen LogP contribution in [-0.2, 0) is 25.9 Å². The minimum atomic E-state index is 0.0544. The van der Waals surface area contributed by atoms with Crippen molar-refractivity contribution < 1.29 is 0 Å². The third kappa shape index (κ3) is 4.04. The van der Waals surface area contributed by atoms with Gasteiger partial charge in [-0.25, -0.2) is 4.68 Å². The van der Waals surface area contributed by atoms with E-state index in [1.807, 2.05) is 10.9 Å². The first-order valence-electron chi connectivity index (χ1n) is 9.71. The third-order valence-electron chi connectivity index (χ3n) is 5.52. The van der Waals surface area contributed by atoms with Crippen LogP contribution in [0.3, 0.4) is 0 Å². The maximum atomic E-state index is 12.2. The highest BCUT2D eigenvalue weighted by Crippen LogP contribution is 2.16. The predicted octanol–water partition coefficient (Wildman–Crippen LogP) is 0.555. The number of hydrogen-bond donors (Lipinski definition) is 0. The van der Waals surface area contributed by atoms with Crippen molar-refractivity contribution >= 4 is 0 Å². The van der Waals surface area contributed by atoms with Crippen molar-refractivity contribution in [2.24, 2.45) is 0 Å². The summed E-state index contributed by atoms with van der Waals surface area (Å²) in [7, 11) is 0. The third-order valence-corrected chi connectivity index (χ3v) is 5.52. The molecule has 0 unspecified atom stereocenters. The van der Waals surface area contributed by atoms with E-state index in [2.05, 4.69) is 33.1 Å². The normalized spacial score (nSPS) is 18.3. The second kappa shape index (κ2) is 7.72. The van der Waals surface area contributed by atoms with Gasteiger partial charge in [-0.1, -0.05) is 0 Å². The van der Waals surface area contributed by atoms with Gasteiger partial charge in [-0.05, 0) is 37.3 Å². The van der Waals surface area contributed by atoms with Crippen LogP contribution in [0, 0.1) is 6.92 Å². The number of aryl methyl sites for hydroxylation is 3. The molecule has 140 valence electrons. The van der Waals surface area contributed by atoms with Crippen molar-refractivity contribution in [3.8, 4) is 0 Å². The molecule has 1 saturated heterocycles. The van der Waals surface area contributed by atoms with E-state index < -0.39 is 0 Å².